The number of rotatable bonds is 4. The molecule has 1 aliphatic rings. The molecule has 19 heavy (non-hydrogen) atoms. The lowest BCUT2D eigenvalue weighted by atomic mass is 9.86. The average Bonchev–Trinajstić information content (AvgIpc) is 2.40. The summed E-state index contributed by atoms with van der Waals surface area (Å²) in [4.78, 5) is 11.0. The smallest absolute Gasteiger partial charge is 0.306 e. The lowest BCUT2D eigenvalue weighted by molar-refractivity contribution is -0.143. The molecule has 1 fully saturated rings. The van der Waals surface area contributed by atoms with Gasteiger partial charge in [0, 0.05) is 22.6 Å². The Hall–Kier alpha value is -1.07. The Morgan fingerprint density at radius 3 is 2.95 bits per heavy atom. The third-order valence-corrected chi connectivity index (χ3v) is 4.14. The van der Waals surface area contributed by atoms with Crippen molar-refractivity contribution in [1.82, 2.24) is 5.32 Å². The van der Waals surface area contributed by atoms with Gasteiger partial charge in [-0.1, -0.05) is 22.4 Å². The number of phenols is 1. The standard InChI is InChI=1S/C14H18BrNO3/c15-11-4-5-13(17)10(6-11)8-16-12-3-1-2-9(7-12)14(18)19/h4-6,9,12,16-17H,1-3,7-8H2,(H,18,19). The number of carbonyl (C=O) groups is 1. The Morgan fingerprint density at radius 2 is 2.21 bits per heavy atom. The van der Waals surface area contributed by atoms with Crippen LogP contribution < -0.4 is 5.32 Å². The Morgan fingerprint density at radius 1 is 1.42 bits per heavy atom. The highest BCUT2D eigenvalue weighted by molar-refractivity contribution is 9.10. The van der Waals surface area contributed by atoms with Crippen molar-refractivity contribution in [1.29, 1.82) is 0 Å². The Bertz CT molecular complexity index is 464. The van der Waals surface area contributed by atoms with Crippen molar-refractivity contribution in [2.45, 2.75) is 38.3 Å². The number of hydrogen-bond donors (Lipinski definition) is 3. The highest BCUT2D eigenvalue weighted by atomic mass is 79.9. The molecule has 2 unspecified atom stereocenters. The van der Waals surface area contributed by atoms with Gasteiger partial charge in [-0.05, 0) is 37.5 Å². The van der Waals surface area contributed by atoms with Gasteiger partial charge >= 0.3 is 5.97 Å². The summed E-state index contributed by atoms with van der Waals surface area (Å²) in [5, 5.41) is 22.1. The third kappa shape index (κ3) is 3.94. The number of phenolic OH excluding ortho intramolecular Hbond substituents is 1. The molecule has 104 valence electrons. The Kier molecular flexibility index (Phi) is 4.82. The van der Waals surface area contributed by atoms with Crippen LogP contribution in [0.5, 0.6) is 5.75 Å². The van der Waals surface area contributed by atoms with Crippen LogP contribution in [0.1, 0.15) is 31.2 Å². The molecule has 0 bridgehead atoms. The second-order valence-corrected chi connectivity index (χ2v) is 5.97. The molecule has 1 aromatic carbocycles. The molecule has 0 aromatic heterocycles. The van der Waals surface area contributed by atoms with Crippen LogP contribution in [-0.2, 0) is 11.3 Å². The molecule has 2 atom stereocenters. The highest BCUT2D eigenvalue weighted by Crippen LogP contribution is 2.26. The lowest BCUT2D eigenvalue weighted by Crippen LogP contribution is -2.36. The maximum absolute atomic E-state index is 11.0. The third-order valence-electron chi connectivity index (χ3n) is 3.65. The second-order valence-electron chi connectivity index (χ2n) is 5.05. The fourth-order valence-electron chi connectivity index (χ4n) is 2.55. The summed E-state index contributed by atoms with van der Waals surface area (Å²) in [7, 11) is 0. The summed E-state index contributed by atoms with van der Waals surface area (Å²) in [6.07, 6.45) is 3.39. The van der Waals surface area contributed by atoms with E-state index < -0.39 is 5.97 Å². The van der Waals surface area contributed by atoms with Crippen molar-refractivity contribution < 1.29 is 15.0 Å². The first-order chi connectivity index (χ1) is 9.06. The van der Waals surface area contributed by atoms with E-state index in [1.165, 1.54) is 0 Å². The van der Waals surface area contributed by atoms with Crippen LogP contribution in [0.15, 0.2) is 22.7 Å². The van der Waals surface area contributed by atoms with E-state index in [9.17, 15) is 9.90 Å². The van der Waals surface area contributed by atoms with Gasteiger partial charge in [0.2, 0.25) is 0 Å². The van der Waals surface area contributed by atoms with E-state index in [0.29, 0.717) is 13.0 Å². The number of aliphatic carboxylic acids is 1. The molecule has 2 rings (SSSR count). The molecule has 4 nitrogen and oxygen atoms in total. The number of aromatic hydroxyl groups is 1. The summed E-state index contributed by atoms with van der Waals surface area (Å²) >= 11 is 3.37. The van der Waals surface area contributed by atoms with Crippen LogP contribution in [0, 0.1) is 5.92 Å². The van der Waals surface area contributed by atoms with Crippen molar-refractivity contribution in [2.24, 2.45) is 5.92 Å². The predicted molar refractivity (Wildman–Crippen MR) is 76.0 cm³/mol. The number of carboxylic acids is 1. The van der Waals surface area contributed by atoms with Gasteiger partial charge < -0.3 is 15.5 Å². The monoisotopic (exact) mass is 327 g/mol. The van der Waals surface area contributed by atoms with E-state index in [-0.39, 0.29) is 17.7 Å². The van der Waals surface area contributed by atoms with Crippen LogP contribution in [0.4, 0.5) is 0 Å². The summed E-state index contributed by atoms with van der Waals surface area (Å²) in [5.74, 6) is -0.666. The van der Waals surface area contributed by atoms with Crippen molar-refractivity contribution >= 4 is 21.9 Å². The van der Waals surface area contributed by atoms with Crippen LogP contribution in [0.3, 0.4) is 0 Å². The number of benzene rings is 1. The van der Waals surface area contributed by atoms with Gasteiger partial charge in [-0.25, -0.2) is 0 Å². The first-order valence-electron chi connectivity index (χ1n) is 6.50. The number of carboxylic acid groups (broad SMARTS) is 1. The highest BCUT2D eigenvalue weighted by Gasteiger charge is 2.26. The van der Waals surface area contributed by atoms with E-state index in [2.05, 4.69) is 21.2 Å². The van der Waals surface area contributed by atoms with E-state index >= 15 is 0 Å². The first-order valence-corrected chi connectivity index (χ1v) is 7.29. The molecule has 3 N–H and O–H groups in total. The van der Waals surface area contributed by atoms with E-state index in [4.69, 9.17) is 5.11 Å². The predicted octanol–water partition coefficient (Wildman–Crippen LogP) is 2.89. The van der Waals surface area contributed by atoms with Crippen LogP contribution in [-0.4, -0.2) is 22.2 Å². The lowest BCUT2D eigenvalue weighted by Gasteiger charge is -2.27. The largest absolute Gasteiger partial charge is 0.508 e. The minimum atomic E-state index is -0.697. The van der Waals surface area contributed by atoms with Crippen molar-refractivity contribution in [2.75, 3.05) is 0 Å². The Labute approximate surface area is 121 Å². The summed E-state index contributed by atoms with van der Waals surface area (Å²) in [6, 6.07) is 5.54. The van der Waals surface area contributed by atoms with Crippen LogP contribution >= 0.6 is 15.9 Å². The fraction of sp³-hybridized carbons (Fsp3) is 0.500. The first kappa shape index (κ1) is 14.3. The summed E-state index contributed by atoms with van der Waals surface area (Å²) in [5.41, 5.74) is 0.826. The second kappa shape index (κ2) is 6.39. The van der Waals surface area contributed by atoms with Gasteiger partial charge in [0.05, 0.1) is 5.92 Å². The van der Waals surface area contributed by atoms with Gasteiger partial charge in [-0.15, -0.1) is 0 Å². The van der Waals surface area contributed by atoms with E-state index in [1.807, 2.05) is 6.07 Å². The van der Waals surface area contributed by atoms with Gasteiger partial charge in [0.25, 0.3) is 0 Å². The van der Waals surface area contributed by atoms with E-state index in [1.54, 1.807) is 12.1 Å². The summed E-state index contributed by atoms with van der Waals surface area (Å²) in [6.45, 7) is 0.558. The summed E-state index contributed by atoms with van der Waals surface area (Å²) < 4.78 is 0.925. The Balaban J connectivity index is 1.91. The fourth-order valence-corrected chi connectivity index (χ4v) is 2.96. The van der Waals surface area contributed by atoms with Gasteiger partial charge in [-0.2, -0.15) is 0 Å². The van der Waals surface area contributed by atoms with E-state index in [0.717, 1.165) is 29.3 Å². The molecule has 1 aliphatic carbocycles. The van der Waals surface area contributed by atoms with Crippen LogP contribution in [0.2, 0.25) is 0 Å². The zero-order chi connectivity index (χ0) is 13.8. The number of nitrogens with one attached hydrogen (secondary N) is 1. The van der Waals surface area contributed by atoms with Gasteiger partial charge in [0.1, 0.15) is 5.75 Å². The molecular formula is C14H18BrNO3. The zero-order valence-electron chi connectivity index (χ0n) is 10.6. The molecule has 0 amide bonds. The molecule has 1 saturated carbocycles. The SMILES string of the molecule is O=C(O)C1CCCC(NCc2cc(Br)ccc2O)C1. The topological polar surface area (TPSA) is 69.6 Å². The zero-order valence-corrected chi connectivity index (χ0v) is 12.2. The quantitative estimate of drug-likeness (QED) is 0.795. The molecular weight excluding hydrogens is 310 g/mol. The molecule has 1 aromatic rings. The number of hydrogen-bond acceptors (Lipinski definition) is 3. The minimum Gasteiger partial charge on any atom is -0.508 e. The van der Waals surface area contributed by atoms with Crippen molar-refractivity contribution in [3.05, 3.63) is 28.2 Å². The van der Waals surface area contributed by atoms with Gasteiger partial charge in [-0.3, -0.25) is 4.79 Å². The maximum atomic E-state index is 11.0. The number of halogens is 1. The molecule has 5 heteroatoms. The maximum Gasteiger partial charge on any atom is 0.306 e. The molecule has 0 aliphatic heterocycles. The molecule has 0 heterocycles. The average molecular weight is 328 g/mol. The van der Waals surface area contributed by atoms with Crippen LogP contribution in [0.25, 0.3) is 0 Å². The van der Waals surface area contributed by atoms with Crippen molar-refractivity contribution in [3.8, 4) is 5.75 Å². The molecule has 0 spiro atoms. The minimum absolute atomic E-state index is 0.216. The normalized spacial score (nSPS) is 23.2. The molecule has 0 radical (unpaired) electrons. The van der Waals surface area contributed by atoms with Gasteiger partial charge in [0.15, 0.2) is 0 Å². The molecule has 0 saturated heterocycles. The van der Waals surface area contributed by atoms with Crippen molar-refractivity contribution in [3.63, 3.8) is 0 Å².